The van der Waals surface area contributed by atoms with Gasteiger partial charge in [0.2, 0.25) is 0 Å². The highest BCUT2D eigenvalue weighted by atomic mass is 79.9. The number of hydrogen-bond acceptors (Lipinski definition) is 9. The minimum Gasteiger partial charge on any atom is -0.462 e. The second kappa shape index (κ2) is 12.8. The number of esters is 1. The predicted molar refractivity (Wildman–Crippen MR) is 155 cm³/mol. The molecular weight excluding hydrogens is 640 g/mol. The van der Waals surface area contributed by atoms with Gasteiger partial charge in [0.25, 0.3) is 5.56 Å². The Morgan fingerprint density at radius 2 is 1.93 bits per heavy atom. The Labute approximate surface area is 248 Å². The number of rotatable bonds is 11. The van der Waals surface area contributed by atoms with Crippen molar-refractivity contribution >= 4 is 40.4 Å². The standard InChI is InChI=1S/C27H32BrFN3O9P/c1-15(2)39-25(34)17(4)31-42(37,41-20-10-9-18-7-5-6-8-19(18)11-20)38-13-22-27(36,14-29)16(3)24(40-22)32-12-21(28)23(33)30-26(32)35/h5-12,15-17,22,24,36H,13-14H2,1-4H3,(H,31,37)(H,30,33,35). The summed E-state index contributed by atoms with van der Waals surface area (Å²) in [6, 6.07) is 11.2. The van der Waals surface area contributed by atoms with E-state index in [0.717, 1.165) is 15.3 Å². The first-order chi connectivity index (χ1) is 19.8. The third-order valence-electron chi connectivity index (χ3n) is 6.89. The molecule has 6 atom stereocenters. The number of H-pyrrole nitrogens is 1. The van der Waals surface area contributed by atoms with Gasteiger partial charge in [-0.25, -0.2) is 13.8 Å². The van der Waals surface area contributed by atoms with Crippen LogP contribution in [0.4, 0.5) is 4.39 Å². The Kier molecular flexibility index (Phi) is 9.75. The molecule has 1 saturated heterocycles. The lowest BCUT2D eigenvalue weighted by molar-refractivity contribution is -0.149. The zero-order chi connectivity index (χ0) is 30.8. The van der Waals surface area contributed by atoms with Crippen LogP contribution in [0.1, 0.15) is 33.9 Å². The number of carbonyl (C=O) groups excluding carboxylic acids is 1. The Bertz CT molecular complexity index is 1620. The summed E-state index contributed by atoms with van der Waals surface area (Å²) in [5, 5.41) is 15.5. The topological polar surface area (TPSA) is 158 Å². The largest absolute Gasteiger partial charge is 0.462 e. The lowest BCUT2D eigenvalue weighted by Crippen LogP contribution is -2.48. The summed E-state index contributed by atoms with van der Waals surface area (Å²) in [5.41, 5.74) is -3.69. The summed E-state index contributed by atoms with van der Waals surface area (Å²) < 4.78 is 51.9. The van der Waals surface area contributed by atoms with Crippen molar-refractivity contribution in [1.82, 2.24) is 14.6 Å². The molecule has 42 heavy (non-hydrogen) atoms. The van der Waals surface area contributed by atoms with Crippen molar-refractivity contribution in [2.24, 2.45) is 5.92 Å². The third-order valence-corrected chi connectivity index (χ3v) is 9.10. The van der Waals surface area contributed by atoms with Crippen molar-refractivity contribution < 1.29 is 37.4 Å². The Morgan fingerprint density at radius 3 is 2.60 bits per heavy atom. The fourth-order valence-electron chi connectivity index (χ4n) is 4.53. The molecule has 3 N–H and O–H groups in total. The zero-order valence-corrected chi connectivity index (χ0v) is 25.8. The first-order valence-electron chi connectivity index (χ1n) is 13.1. The SMILES string of the molecule is CC(C)OC(=O)C(C)NP(=O)(OCC1OC(n2cc(Br)c(=O)[nH]c2=O)C(C)C1(O)CF)Oc1ccc2ccccc2c1. The molecule has 15 heteroatoms. The number of fused-ring (bicyclic) bond motifs is 1. The minimum absolute atomic E-state index is 0.0149. The van der Waals surface area contributed by atoms with Gasteiger partial charge in [-0.05, 0) is 59.6 Å². The van der Waals surface area contributed by atoms with Crippen LogP contribution in [-0.2, 0) is 23.4 Å². The zero-order valence-electron chi connectivity index (χ0n) is 23.3. The molecule has 12 nitrogen and oxygen atoms in total. The first kappa shape index (κ1) is 32.1. The van der Waals surface area contributed by atoms with Crippen LogP contribution in [0.2, 0.25) is 0 Å². The van der Waals surface area contributed by atoms with Crippen LogP contribution >= 0.6 is 23.7 Å². The molecule has 2 heterocycles. The average molecular weight is 672 g/mol. The summed E-state index contributed by atoms with van der Waals surface area (Å²) in [6.07, 6.45) is -1.92. The number of hydrogen-bond donors (Lipinski definition) is 3. The van der Waals surface area contributed by atoms with E-state index in [2.05, 4.69) is 26.0 Å². The smallest absolute Gasteiger partial charge is 0.459 e. The Balaban J connectivity index is 1.61. The molecule has 3 aromatic rings. The number of aromatic nitrogens is 2. The summed E-state index contributed by atoms with van der Waals surface area (Å²) >= 11 is 3.04. The van der Waals surface area contributed by atoms with Gasteiger partial charge in [-0.2, -0.15) is 5.09 Å². The molecule has 0 saturated carbocycles. The van der Waals surface area contributed by atoms with E-state index >= 15 is 0 Å². The van der Waals surface area contributed by atoms with Crippen molar-refractivity contribution in [3.05, 3.63) is 74.0 Å². The number of nitrogens with zero attached hydrogens (tertiary/aromatic N) is 1. The molecule has 4 rings (SSSR count). The summed E-state index contributed by atoms with van der Waals surface area (Å²) in [5.74, 6) is -1.58. The van der Waals surface area contributed by atoms with E-state index in [9.17, 15) is 28.4 Å². The van der Waals surface area contributed by atoms with Crippen LogP contribution in [0.25, 0.3) is 10.8 Å². The molecule has 0 bridgehead atoms. The van der Waals surface area contributed by atoms with Gasteiger partial charge in [-0.1, -0.05) is 37.3 Å². The molecule has 1 aliphatic rings. The number of aliphatic hydroxyl groups is 1. The second-order valence-corrected chi connectivity index (χ2v) is 12.9. The lowest BCUT2D eigenvalue weighted by Gasteiger charge is -2.30. The normalized spacial score (nSPS) is 24.4. The van der Waals surface area contributed by atoms with E-state index in [1.54, 1.807) is 32.0 Å². The molecular formula is C27H32BrFN3O9P. The highest BCUT2D eigenvalue weighted by Crippen LogP contribution is 2.48. The van der Waals surface area contributed by atoms with Crippen LogP contribution in [0.3, 0.4) is 0 Å². The van der Waals surface area contributed by atoms with Crippen LogP contribution in [-0.4, -0.2) is 57.8 Å². The maximum Gasteiger partial charge on any atom is 0.459 e. The molecule has 2 aromatic carbocycles. The number of alkyl halides is 1. The van der Waals surface area contributed by atoms with Gasteiger partial charge in [0.05, 0.1) is 17.2 Å². The first-order valence-corrected chi connectivity index (χ1v) is 15.5. The van der Waals surface area contributed by atoms with Gasteiger partial charge in [-0.15, -0.1) is 0 Å². The summed E-state index contributed by atoms with van der Waals surface area (Å²) in [7, 11) is -4.42. The minimum atomic E-state index is -4.42. The van der Waals surface area contributed by atoms with Gasteiger partial charge in [0, 0.05) is 12.1 Å². The number of nitrogens with one attached hydrogen (secondary N) is 2. The fourth-order valence-corrected chi connectivity index (χ4v) is 6.34. The van der Waals surface area contributed by atoms with Crippen LogP contribution in [0.15, 0.2) is 62.7 Å². The molecule has 1 fully saturated rings. The molecule has 1 aliphatic heterocycles. The van der Waals surface area contributed by atoms with Crippen LogP contribution in [0, 0.1) is 5.92 Å². The molecule has 0 radical (unpaired) electrons. The molecule has 1 aromatic heterocycles. The van der Waals surface area contributed by atoms with E-state index < -0.39 is 74.2 Å². The van der Waals surface area contributed by atoms with Crippen molar-refractivity contribution in [1.29, 1.82) is 0 Å². The third kappa shape index (κ3) is 6.85. The van der Waals surface area contributed by atoms with E-state index in [-0.39, 0.29) is 10.2 Å². The van der Waals surface area contributed by atoms with Gasteiger partial charge >= 0.3 is 19.4 Å². The van der Waals surface area contributed by atoms with E-state index in [0.29, 0.717) is 0 Å². The lowest BCUT2D eigenvalue weighted by atomic mass is 9.87. The molecule has 228 valence electrons. The summed E-state index contributed by atoms with van der Waals surface area (Å²) in [6.45, 7) is 4.23. The van der Waals surface area contributed by atoms with Gasteiger partial charge in [0.1, 0.15) is 36.4 Å². The van der Waals surface area contributed by atoms with E-state index in [1.807, 2.05) is 24.3 Å². The van der Waals surface area contributed by atoms with Crippen molar-refractivity contribution in [2.45, 2.75) is 57.8 Å². The van der Waals surface area contributed by atoms with Crippen LogP contribution < -0.4 is 20.9 Å². The van der Waals surface area contributed by atoms with Gasteiger partial charge in [-0.3, -0.25) is 23.7 Å². The Hall–Kier alpha value is -2.87. The number of halogens is 2. The van der Waals surface area contributed by atoms with Crippen LogP contribution in [0.5, 0.6) is 5.75 Å². The Morgan fingerprint density at radius 1 is 1.24 bits per heavy atom. The summed E-state index contributed by atoms with van der Waals surface area (Å²) in [4.78, 5) is 38.9. The number of benzene rings is 2. The van der Waals surface area contributed by atoms with Gasteiger partial charge in [0.15, 0.2) is 0 Å². The van der Waals surface area contributed by atoms with E-state index in [4.69, 9.17) is 18.5 Å². The predicted octanol–water partition coefficient (Wildman–Crippen LogP) is 3.82. The molecule has 0 spiro atoms. The second-order valence-electron chi connectivity index (χ2n) is 10.3. The maximum atomic E-state index is 14.4. The highest BCUT2D eigenvalue weighted by molar-refractivity contribution is 9.10. The van der Waals surface area contributed by atoms with Crippen molar-refractivity contribution in [3.63, 3.8) is 0 Å². The van der Waals surface area contributed by atoms with E-state index in [1.165, 1.54) is 20.0 Å². The highest BCUT2D eigenvalue weighted by Gasteiger charge is 2.55. The molecule has 0 amide bonds. The average Bonchev–Trinajstić information content (AvgIpc) is 3.19. The fraction of sp³-hybridized carbons (Fsp3) is 0.444. The number of carbonyl (C=O) groups is 1. The van der Waals surface area contributed by atoms with Crippen molar-refractivity contribution in [3.8, 4) is 5.75 Å². The quantitative estimate of drug-likeness (QED) is 0.202. The number of ether oxygens (including phenoxy) is 2. The van der Waals surface area contributed by atoms with Gasteiger partial charge < -0.3 is 19.1 Å². The monoisotopic (exact) mass is 671 g/mol. The number of aromatic amines is 1. The van der Waals surface area contributed by atoms with Crippen molar-refractivity contribution in [2.75, 3.05) is 13.3 Å². The maximum absolute atomic E-state index is 14.4. The molecule has 6 unspecified atom stereocenters. The molecule has 0 aliphatic carbocycles.